The smallest absolute Gasteiger partial charge is 0.156 e. The molecule has 0 amide bonds. The van der Waals surface area contributed by atoms with Gasteiger partial charge in [-0.1, -0.05) is 37.3 Å². The molecule has 3 aromatic heterocycles. The Morgan fingerprint density at radius 2 is 2.00 bits per heavy atom. The lowest BCUT2D eigenvalue weighted by Gasteiger charge is -2.33. The van der Waals surface area contributed by atoms with Crippen LogP contribution in [0.15, 0.2) is 55.0 Å². The summed E-state index contributed by atoms with van der Waals surface area (Å²) in [6, 6.07) is 12.4. The predicted octanol–water partition coefficient (Wildman–Crippen LogP) is 4.93. The summed E-state index contributed by atoms with van der Waals surface area (Å²) in [6.45, 7) is 2.31. The summed E-state index contributed by atoms with van der Waals surface area (Å²) in [5, 5.41) is 0. The van der Waals surface area contributed by atoms with Gasteiger partial charge in [0.15, 0.2) is 11.3 Å². The van der Waals surface area contributed by atoms with Crippen molar-refractivity contribution in [2.24, 2.45) is 11.8 Å². The minimum absolute atomic E-state index is 0.147. The number of imidazole rings is 1. The fourth-order valence-corrected chi connectivity index (χ4v) is 4.90. The zero-order chi connectivity index (χ0) is 19.8. The molecule has 148 valence electrons. The van der Waals surface area contributed by atoms with Gasteiger partial charge in [-0.3, -0.25) is 9.20 Å². The Balaban J connectivity index is 1.38. The number of Topliss-reactive ketones (excluding diaryl/α,β-unsaturated/α-hetero) is 1. The summed E-state index contributed by atoms with van der Waals surface area (Å²) in [4.78, 5) is 25.2. The van der Waals surface area contributed by atoms with Gasteiger partial charge in [-0.25, -0.2) is 9.97 Å². The minimum Gasteiger partial charge on any atom is -0.345 e. The molecule has 3 atom stereocenters. The van der Waals surface area contributed by atoms with Crippen molar-refractivity contribution in [1.29, 1.82) is 0 Å². The molecule has 0 radical (unpaired) electrons. The highest BCUT2D eigenvalue weighted by Gasteiger charge is 2.34. The maximum absolute atomic E-state index is 13.0. The van der Waals surface area contributed by atoms with Gasteiger partial charge in [-0.05, 0) is 43.2 Å². The van der Waals surface area contributed by atoms with Crippen LogP contribution < -0.4 is 0 Å². The highest BCUT2D eigenvalue weighted by molar-refractivity contribution is 5.81. The number of carbonyl (C=O) groups excluding carboxylic acids is 1. The van der Waals surface area contributed by atoms with Gasteiger partial charge in [0, 0.05) is 36.3 Å². The Bertz CT molecular complexity index is 1140. The molecule has 1 fully saturated rings. The molecular formula is C24H26N4O. The summed E-state index contributed by atoms with van der Waals surface area (Å²) in [7, 11) is 0. The van der Waals surface area contributed by atoms with Crippen LogP contribution in [-0.2, 0) is 11.2 Å². The van der Waals surface area contributed by atoms with Crippen LogP contribution in [-0.4, -0.2) is 25.1 Å². The summed E-state index contributed by atoms with van der Waals surface area (Å²) < 4.78 is 2.22. The number of fused-ring (bicyclic) bond motifs is 3. The van der Waals surface area contributed by atoms with Gasteiger partial charge in [0.25, 0.3) is 0 Å². The molecule has 3 unspecified atom stereocenters. The lowest BCUT2D eigenvalue weighted by Crippen LogP contribution is -2.27. The Morgan fingerprint density at radius 1 is 1.14 bits per heavy atom. The Hall–Kier alpha value is -2.95. The van der Waals surface area contributed by atoms with E-state index >= 15 is 0 Å². The first kappa shape index (κ1) is 18.1. The molecule has 1 aliphatic carbocycles. The summed E-state index contributed by atoms with van der Waals surface area (Å²) >= 11 is 0. The van der Waals surface area contributed by atoms with Gasteiger partial charge in [-0.15, -0.1) is 0 Å². The number of carbonyl (C=O) groups is 1. The van der Waals surface area contributed by atoms with Crippen molar-refractivity contribution in [3.05, 3.63) is 66.2 Å². The number of benzene rings is 1. The van der Waals surface area contributed by atoms with E-state index in [0.717, 1.165) is 42.5 Å². The first-order valence-corrected chi connectivity index (χ1v) is 10.6. The molecule has 5 heteroatoms. The van der Waals surface area contributed by atoms with Crippen LogP contribution in [0.2, 0.25) is 0 Å². The first-order valence-electron chi connectivity index (χ1n) is 10.6. The second-order valence-corrected chi connectivity index (χ2v) is 8.39. The van der Waals surface area contributed by atoms with Gasteiger partial charge >= 0.3 is 0 Å². The van der Waals surface area contributed by atoms with E-state index in [9.17, 15) is 4.79 Å². The van der Waals surface area contributed by atoms with Crippen molar-refractivity contribution in [2.45, 2.75) is 44.9 Å². The number of aryl methyl sites for hydroxylation is 1. The number of nitrogens with zero attached hydrogens (tertiary/aromatic N) is 3. The van der Waals surface area contributed by atoms with E-state index in [1.807, 2.05) is 36.8 Å². The lowest BCUT2D eigenvalue weighted by atomic mass is 9.71. The van der Waals surface area contributed by atoms with Crippen molar-refractivity contribution in [2.75, 3.05) is 0 Å². The van der Waals surface area contributed by atoms with Crippen LogP contribution in [0.5, 0.6) is 0 Å². The topological polar surface area (TPSA) is 63.0 Å². The highest BCUT2D eigenvalue weighted by atomic mass is 16.1. The monoisotopic (exact) mass is 386 g/mol. The number of hydrogen-bond acceptors (Lipinski definition) is 3. The highest BCUT2D eigenvalue weighted by Crippen LogP contribution is 2.41. The zero-order valence-corrected chi connectivity index (χ0v) is 16.7. The van der Waals surface area contributed by atoms with Crippen LogP contribution in [0.1, 0.15) is 49.8 Å². The molecule has 1 N–H and O–H groups in total. The molecule has 1 saturated carbocycles. The molecule has 0 aliphatic heterocycles. The predicted molar refractivity (Wildman–Crippen MR) is 114 cm³/mol. The number of aromatic amines is 1. The third-order valence-electron chi connectivity index (χ3n) is 6.60. The molecule has 4 aromatic rings. The molecule has 0 bridgehead atoms. The SMILES string of the molecule is CC1CCC(C(=O)CCc2ccccc2)CC1c1cnc2cnc3[nH]ccc3n12. The van der Waals surface area contributed by atoms with Crippen molar-refractivity contribution < 1.29 is 4.79 Å². The van der Waals surface area contributed by atoms with Gasteiger partial charge in [-0.2, -0.15) is 0 Å². The molecule has 1 aromatic carbocycles. The van der Waals surface area contributed by atoms with E-state index in [1.165, 1.54) is 11.3 Å². The standard InChI is InChI=1S/C24H26N4O/c1-16-7-9-18(22(29)10-8-17-5-3-2-4-6-17)13-19(16)21-14-26-23-15-27-24-20(28(21)23)11-12-25-24/h2-6,11-12,14-16,18-19,25H,7-10,13H2,1H3. The van der Waals surface area contributed by atoms with Crippen LogP contribution in [0.4, 0.5) is 0 Å². The maximum Gasteiger partial charge on any atom is 0.156 e. The van der Waals surface area contributed by atoms with Gasteiger partial charge < -0.3 is 4.98 Å². The summed E-state index contributed by atoms with van der Waals surface area (Å²) in [5.74, 6) is 1.43. The van der Waals surface area contributed by atoms with E-state index < -0.39 is 0 Å². The molecule has 5 nitrogen and oxygen atoms in total. The van der Waals surface area contributed by atoms with E-state index in [4.69, 9.17) is 0 Å². The fourth-order valence-electron chi connectivity index (χ4n) is 4.90. The first-order chi connectivity index (χ1) is 14.2. The second kappa shape index (κ2) is 7.47. The number of hydrogen-bond donors (Lipinski definition) is 1. The van der Waals surface area contributed by atoms with E-state index in [-0.39, 0.29) is 5.92 Å². The van der Waals surface area contributed by atoms with E-state index in [0.29, 0.717) is 24.0 Å². The van der Waals surface area contributed by atoms with Crippen molar-refractivity contribution >= 4 is 22.6 Å². The summed E-state index contributed by atoms with van der Waals surface area (Å²) in [6.07, 6.45) is 10.2. The summed E-state index contributed by atoms with van der Waals surface area (Å²) in [5.41, 5.74) is 5.25. The Kier molecular flexibility index (Phi) is 4.66. The van der Waals surface area contributed by atoms with Crippen LogP contribution in [0.25, 0.3) is 16.8 Å². The zero-order valence-electron chi connectivity index (χ0n) is 16.7. The third-order valence-corrected chi connectivity index (χ3v) is 6.60. The van der Waals surface area contributed by atoms with Crippen molar-refractivity contribution in [3.63, 3.8) is 0 Å². The number of H-pyrrole nitrogens is 1. The van der Waals surface area contributed by atoms with Crippen molar-refractivity contribution in [1.82, 2.24) is 19.4 Å². The molecule has 5 rings (SSSR count). The number of rotatable bonds is 5. The molecule has 0 saturated heterocycles. The normalized spacial score (nSPS) is 22.3. The van der Waals surface area contributed by atoms with Crippen molar-refractivity contribution in [3.8, 4) is 0 Å². The van der Waals surface area contributed by atoms with Crippen LogP contribution in [0, 0.1) is 11.8 Å². The number of ketones is 1. The van der Waals surface area contributed by atoms with Gasteiger partial charge in [0.2, 0.25) is 0 Å². The third kappa shape index (κ3) is 3.35. The Labute approximate surface area is 170 Å². The fraction of sp³-hybridized carbons (Fsp3) is 0.375. The lowest BCUT2D eigenvalue weighted by molar-refractivity contribution is -0.124. The average Bonchev–Trinajstić information content (AvgIpc) is 3.39. The van der Waals surface area contributed by atoms with Gasteiger partial charge in [0.1, 0.15) is 5.78 Å². The number of aromatic nitrogens is 4. The minimum atomic E-state index is 0.147. The van der Waals surface area contributed by atoms with E-state index in [2.05, 4.69) is 44.5 Å². The molecule has 1 aliphatic rings. The van der Waals surface area contributed by atoms with Gasteiger partial charge in [0.05, 0.1) is 11.7 Å². The van der Waals surface area contributed by atoms with E-state index in [1.54, 1.807) is 0 Å². The average molecular weight is 386 g/mol. The molecule has 0 spiro atoms. The number of nitrogens with one attached hydrogen (secondary N) is 1. The van der Waals surface area contributed by atoms with Crippen LogP contribution >= 0.6 is 0 Å². The van der Waals surface area contributed by atoms with Crippen LogP contribution in [0.3, 0.4) is 0 Å². The molecule has 3 heterocycles. The quantitative estimate of drug-likeness (QED) is 0.529. The Morgan fingerprint density at radius 3 is 2.86 bits per heavy atom. The molecule has 29 heavy (non-hydrogen) atoms. The largest absolute Gasteiger partial charge is 0.345 e. The molecular weight excluding hydrogens is 360 g/mol. The maximum atomic E-state index is 13.0. The second-order valence-electron chi connectivity index (χ2n) is 8.39.